The standard InChI is InChI=1S/C24H35N5O3/c1-4-29(15-18-9-8-10-18)24(30)31-16-21-23(26-27-28(21)3)20-13-14-22(17(2)25-20)32-19-11-6-5-7-12-19/h13-14,18-19H,4-12,15-16H2,1-3H3. The van der Waals surface area contributed by atoms with Crippen molar-refractivity contribution in [1.82, 2.24) is 24.9 Å². The number of pyridine rings is 1. The number of nitrogens with zero attached hydrogens (tertiary/aromatic N) is 5. The molecule has 0 unspecified atom stereocenters. The largest absolute Gasteiger partial charge is 0.489 e. The predicted molar refractivity (Wildman–Crippen MR) is 121 cm³/mol. The van der Waals surface area contributed by atoms with Crippen LogP contribution >= 0.6 is 0 Å². The zero-order valence-electron chi connectivity index (χ0n) is 19.5. The first-order valence-corrected chi connectivity index (χ1v) is 12.0. The second-order valence-electron chi connectivity index (χ2n) is 9.06. The Labute approximate surface area is 190 Å². The first-order valence-electron chi connectivity index (χ1n) is 12.0. The summed E-state index contributed by atoms with van der Waals surface area (Å²) in [5, 5.41) is 8.43. The minimum atomic E-state index is -0.285. The highest BCUT2D eigenvalue weighted by atomic mass is 16.6. The Morgan fingerprint density at radius 1 is 1.16 bits per heavy atom. The second kappa shape index (κ2) is 10.3. The van der Waals surface area contributed by atoms with E-state index in [0.29, 0.717) is 23.9 Å². The SMILES string of the molecule is CCN(CC1CCC1)C(=O)OCc1c(-c2ccc(OC3CCCCC3)c(C)n2)nnn1C. The molecule has 0 saturated heterocycles. The molecule has 8 nitrogen and oxygen atoms in total. The summed E-state index contributed by atoms with van der Waals surface area (Å²) < 4.78 is 13.5. The van der Waals surface area contributed by atoms with Gasteiger partial charge >= 0.3 is 6.09 Å². The number of aromatic nitrogens is 4. The summed E-state index contributed by atoms with van der Waals surface area (Å²) >= 11 is 0. The van der Waals surface area contributed by atoms with Gasteiger partial charge in [-0.3, -0.25) is 0 Å². The Balaban J connectivity index is 1.42. The van der Waals surface area contributed by atoms with Crippen molar-refractivity contribution in [3.63, 3.8) is 0 Å². The van der Waals surface area contributed by atoms with Crippen molar-refractivity contribution < 1.29 is 14.3 Å². The lowest BCUT2D eigenvalue weighted by Crippen LogP contribution is -2.37. The van der Waals surface area contributed by atoms with Gasteiger partial charge in [-0.05, 0) is 70.4 Å². The van der Waals surface area contributed by atoms with E-state index in [9.17, 15) is 4.79 Å². The predicted octanol–water partition coefficient (Wildman–Crippen LogP) is 4.66. The fourth-order valence-electron chi connectivity index (χ4n) is 4.45. The summed E-state index contributed by atoms with van der Waals surface area (Å²) in [6.07, 6.45) is 9.63. The normalized spacial score (nSPS) is 17.1. The molecule has 2 aliphatic rings. The molecule has 174 valence electrons. The van der Waals surface area contributed by atoms with Crippen molar-refractivity contribution in [3.8, 4) is 17.1 Å². The van der Waals surface area contributed by atoms with Gasteiger partial charge < -0.3 is 14.4 Å². The van der Waals surface area contributed by atoms with Gasteiger partial charge in [-0.15, -0.1) is 5.10 Å². The maximum atomic E-state index is 12.6. The number of hydrogen-bond acceptors (Lipinski definition) is 6. The van der Waals surface area contributed by atoms with Gasteiger partial charge in [-0.2, -0.15) is 0 Å². The minimum Gasteiger partial charge on any atom is -0.489 e. The fourth-order valence-corrected chi connectivity index (χ4v) is 4.45. The van der Waals surface area contributed by atoms with E-state index in [2.05, 4.69) is 10.3 Å². The van der Waals surface area contributed by atoms with Gasteiger partial charge in [-0.1, -0.05) is 18.1 Å². The summed E-state index contributed by atoms with van der Waals surface area (Å²) in [5.74, 6) is 1.44. The molecular formula is C24H35N5O3. The molecule has 2 aliphatic carbocycles. The maximum absolute atomic E-state index is 12.6. The van der Waals surface area contributed by atoms with Crippen LogP contribution in [0.2, 0.25) is 0 Å². The van der Waals surface area contributed by atoms with Crippen LogP contribution in [0.1, 0.15) is 69.7 Å². The highest BCUT2D eigenvalue weighted by Crippen LogP contribution is 2.29. The lowest BCUT2D eigenvalue weighted by molar-refractivity contribution is 0.0836. The summed E-state index contributed by atoms with van der Waals surface area (Å²) in [4.78, 5) is 19.1. The lowest BCUT2D eigenvalue weighted by atomic mass is 9.85. The second-order valence-corrected chi connectivity index (χ2v) is 9.06. The molecule has 4 rings (SSSR count). The van der Waals surface area contributed by atoms with Crippen LogP contribution in [0.15, 0.2) is 12.1 Å². The van der Waals surface area contributed by atoms with Crippen LogP contribution in [0, 0.1) is 12.8 Å². The number of hydrogen-bond donors (Lipinski definition) is 0. The van der Waals surface area contributed by atoms with E-state index in [1.54, 1.807) is 16.6 Å². The average Bonchev–Trinajstić information content (AvgIpc) is 3.14. The van der Waals surface area contributed by atoms with Gasteiger partial charge in [0.2, 0.25) is 0 Å². The lowest BCUT2D eigenvalue weighted by Gasteiger charge is -2.31. The Kier molecular flexibility index (Phi) is 7.27. The van der Waals surface area contributed by atoms with E-state index in [4.69, 9.17) is 14.5 Å². The monoisotopic (exact) mass is 441 g/mol. The molecule has 0 aromatic carbocycles. The number of aryl methyl sites for hydroxylation is 2. The summed E-state index contributed by atoms with van der Waals surface area (Å²) in [6, 6.07) is 3.88. The van der Waals surface area contributed by atoms with Gasteiger partial charge in [-0.25, -0.2) is 14.5 Å². The molecule has 0 radical (unpaired) electrons. The van der Waals surface area contributed by atoms with Gasteiger partial charge in [0.1, 0.15) is 23.7 Å². The first-order chi connectivity index (χ1) is 15.5. The van der Waals surface area contributed by atoms with Crippen molar-refractivity contribution in [2.45, 2.75) is 77.9 Å². The van der Waals surface area contributed by atoms with Gasteiger partial charge in [0.05, 0.1) is 17.5 Å². The summed E-state index contributed by atoms with van der Waals surface area (Å²) in [7, 11) is 1.80. The van der Waals surface area contributed by atoms with Crippen LogP contribution in [0.25, 0.3) is 11.4 Å². The van der Waals surface area contributed by atoms with E-state index in [1.807, 2.05) is 26.0 Å². The Bertz CT molecular complexity index is 918. The van der Waals surface area contributed by atoms with E-state index in [-0.39, 0.29) is 18.8 Å². The molecule has 2 aromatic rings. The molecule has 8 heteroatoms. The topological polar surface area (TPSA) is 82.4 Å². The average molecular weight is 442 g/mol. The third-order valence-corrected chi connectivity index (χ3v) is 6.74. The van der Waals surface area contributed by atoms with Crippen molar-refractivity contribution in [2.24, 2.45) is 13.0 Å². The van der Waals surface area contributed by atoms with Gasteiger partial charge in [0.25, 0.3) is 0 Å². The molecule has 2 saturated carbocycles. The number of carbonyl (C=O) groups excluding carboxylic acids is 1. The van der Waals surface area contributed by atoms with Gasteiger partial charge in [0, 0.05) is 20.1 Å². The van der Waals surface area contributed by atoms with E-state index >= 15 is 0 Å². The highest BCUT2D eigenvalue weighted by molar-refractivity contribution is 5.68. The number of ether oxygens (including phenoxy) is 2. The number of carbonyl (C=O) groups is 1. The van der Waals surface area contributed by atoms with Crippen LogP contribution < -0.4 is 4.74 Å². The van der Waals surface area contributed by atoms with Crippen molar-refractivity contribution >= 4 is 6.09 Å². The molecule has 0 aliphatic heterocycles. The molecular weight excluding hydrogens is 406 g/mol. The number of rotatable bonds is 8. The van der Waals surface area contributed by atoms with E-state index in [1.165, 1.54) is 38.5 Å². The van der Waals surface area contributed by atoms with Crippen molar-refractivity contribution in [1.29, 1.82) is 0 Å². The van der Waals surface area contributed by atoms with Crippen LogP contribution in [-0.4, -0.2) is 50.2 Å². The Morgan fingerprint density at radius 2 is 1.94 bits per heavy atom. The summed E-state index contributed by atoms with van der Waals surface area (Å²) in [5.41, 5.74) is 2.90. The summed E-state index contributed by atoms with van der Waals surface area (Å²) in [6.45, 7) is 5.47. The van der Waals surface area contributed by atoms with Crippen LogP contribution in [-0.2, 0) is 18.4 Å². The quantitative estimate of drug-likeness (QED) is 0.593. The van der Waals surface area contributed by atoms with Crippen molar-refractivity contribution in [2.75, 3.05) is 13.1 Å². The third-order valence-electron chi connectivity index (χ3n) is 6.74. The molecule has 0 bridgehead atoms. The molecule has 0 atom stereocenters. The molecule has 1 amide bonds. The third kappa shape index (κ3) is 5.22. The molecule has 2 fully saturated rings. The Hall–Kier alpha value is -2.64. The highest BCUT2D eigenvalue weighted by Gasteiger charge is 2.25. The van der Waals surface area contributed by atoms with Crippen LogP contribution in [0.3, 0.4) is 0 Å². The zero-order chi connectivity index (χ0) is 22.5. The number of amides is 1. The van der Waals surface area contributed by atoms with Crippen LogP contribution in [0.5, 0.6) is 5.75 Å². The maximum Gasteiger partial charge on any atom is 0.410 e. The molecule has 2 heterocycles. The first kappa shape index (κ1) is 22.6. The van der Waals surface area contributed by atoms with Gasteiger partial charge in [0.15, 0.2) is 0 Å². The van der Waals surface area contributed by atoms with Crippen LogP contribution in [0.4, 0.5) is 4.79 Å². The Morgan fingerprint density at radius 3 is 2.59 bits per heavy atom. The smallest absolute Gasteiger partial charge is 0.410 e. The van der Waals surface area contributed by atoms with Crippen molar-refractivity contribution in [3.05, 3.63) is 23.5 Å². The minimum absolute atomic E-state index is 0.111. The molecule has 32 heavy (non-hydrogen) atoms. The van der Waals surface area contributed by atoms with E-state index in [0.717, 1.165) is 36.5 Å². The zero-order valence-corrected chi connectivity index (χ0v) is 19.5. The fraction of sp³-hybridized carbons (Fsp3) is 0.667. The molecule has 0 spiro atoms. The molecule has 0 N–H and O–H groups in total. The van der Waals surface area contributed by atoms with E-state index < -0.39 is 0 Å². The molecule has 2 aromatic heterocycles.